The molecule has 0 saturated carbocycles. The lowest BCUT2D eigenvalue weighted by Crippen LogP contribution is -2.41. The Hall–Kier alpha value is -3.34. The van der Waals surface area contributed by atoms with E-state index in [1.807, 2.05) is 27.7 Å². The minimum absolute atomic E-state index is 0.000135. The average molecular weight is 455 g/mol. The van der Waals surface area contributed by atoms with Crippen molar-refractivity contribution < 1.29 is 23.0 Å². The molecule has 4 heteroatoms. The van der Waals surface area contributed by atoms with Gasteiger partial charge in [-0.2, -0.15) is 0 Å². The van der Waals surface area contributed by atoms with E-state index >= 15 is 0 Å². The van der Waals surface area contributed by atoms with E-state index in [1.165, 1.54) is 41.0 Å². The third kappa shape index (κ3) is 3.29. The van der Waals surface area contributed by atoms with Crippen molar-refractivity contribution in [2.24, 2.45) is 0 Å². The van der Waals surface area contributed by atoms with Gasteiger partial charge in [-0.25, -0.2) is 0 Å². The van der Waals surface area contributed by atoms with Crippen LogP contribution in [-0.4, -0.2) is 22.9 Å². The molecule has 34 heavy (non-hydrogen) atoms. The Kier molecular flexibility index (Phi) is 2.89. The Morgan fingerprint density at radius 1 is 0.706 bits per heavy atom. The molecule has 168 valence electrons. The fraction of sp³-hybridized carbons (Fsp3) is 0.200. The lowest BCUT2D eigenvalue weighted by molar-refractivity contribution is 0.00578. The normalized spacial score (nSPS) is 21.1. The van der Waals surface area contributed by atoms with Gasteiger partial charge in [-0.05, 0) is 68.5 Å². The lowest BCUT2D eigenvalue weighted by Gasteiger charge is -2.32. The highest BCUT2D eigenvalue weighted by Gasteiger charge is 2.51. The van der Waals surface area contributed by atoms with Gasteiger partial charge in [-0.15, -0.1) is 0 Å². The standard InChI is InChI=1S/C30H28BNO2/c1-29(2)30(3,4)34-31(33-29)23-16-19-28-26(20-23)25-12-8-9-13-27(25)32(28)24-17-14-22(15-18-24)21-10-6-5-7-11-21/h5-20H,1-4H3/i5D,8D,10D,11D,12D,13D,17D,18D,19D,20D. The zero-order chi connectivity index (χ0) is 32.2. The van der Waals surface area contributed by atoms with Crippen LogP contribution in [0.15, 0.2) is 96.8 Å². The van der Waals surface area contributed by atoms with Gasteiger partial charge in [0.05, 0.1) is 35.9 Å². The second-order valence-corrected chi connectivity index (χ2v) is 9.30. The highest BCUT2D eigenvalue weighted by Crippen LogP contribution is 2.37. The molecule has 1 saturated heterocycles. The summed E-state index contributed by atoms with van der Waals surface area (Å²) in [5, 5.41) is 0.186. The zero-order valence-corrected chi connectivity index (χ0v) is 19.3. The molecular formula is C30H28BNO2. The summed E-state index contributed by atoms with van der Waals surface area (Å²) in [6.45, 7) is 7.47. The molecule has 1 aliphatic rings. The monoisotopic (exact) mass is 455 g/mol. The van der Waals surface area contributed by atoms with E-state index in [9.17, 15) is 1.37 Å². The molecule has 0 spiro atoms. The van der Waals surface area contributed by atoms with Gasteiger partial charge in [0.15, 0.2) is 0 Å². The second kappa shape index (κ2) is 7.59. The van der Waals surface area contributed by atoms with E-state index in [1.54, 1.807) is 0 Å². The van der Waals surface area contributed by atoms with Gasteiger partial charge in [0, 0.05) is 16.5 Å². The molecular weight excluding hydrogens is 417 g/mol. The van der Waals surface area contributed by atoms with Crippen LogP contribution in [0.25, 0.3) is 38.6 Å². The topological polar surface area (TPSA) is 23.4 Å². The van der Waals surface area contributed by atoms with Gasteiger partial charge in [-0.3, -0.25) is 0 Å². The summed E-state index contributed by atoms with van der Waals surface area (Å²) in [6.07, 6.45) is 0. The van der Waals surface area contributed by atoms with E-state index in [0.29, 0.717) is 0 Å². The van der Waals surface area contributed by atoms with Gasteiger partial charge in [-0.1, -0.05) is 72.7 Å². The van der Waals surface area contributed by atoms with Crippen molar-refractivity contribution in [2.75, 3.05) is 0 Å². The quantitative estimate of drug-likeness (QED) is 0.281. The van der Waals surface area contributed by atoms with Crippen molar-refractivity contribution in [2.45, 2.75) is 38.9 Å². The number of nitrogens with zero attached hydrogens (tertiary/aromatic N) is 1. The second-order valence-electron chi connectivity index (χ2n) is 9.30. The van der Waals surface area contributed by atoms with Crippen LogP contribution < -0.4 is 5.46 Å². The SMILES string of the molecule is [2H]c1cc([2H])c(-c2cc([2H])c(-n3c4c([2H])cc([2H])c([2H])c4c4c([2H])c(B5OC(C)(C)C(C)(C)O5)cc([2H])c43)c([2H])c2)c([2H])c1. The molecule has 4 aromatic carbocycles. The predicted octanol–water partition coefficient (Wildman–Crippen LogP) is 6.75. The molecule has 0 amide bonds. The van der Waals surface area contributed by atoms with Crippen LogP contribution >= 0.6 is 0 Å². The lowest BCUT2D eigenvalue weighted by atomic mass is 9.78. The van der Waals surface area contributed by atoms with Crippen molar-refractivity contribution in [3.8, 4) is 16.8 Å². The minimum Gasteiger partial charge on any atom is -0.399 e. The van der Waals surface area contributed by atoms with Crippen LogP contribution in [0.3, 0.4) is 0 Å². The summed E-state index contributed by atoms with van der Waals surface area (Å²) in [5.41, 5.74) is -0.636. The first-order valence-electron chi connectivity index (χ1n) is 16.1. The Bertz CT molecular complexity index is 1990. The number of hydrogen-bond donors (Lipinski definition) is 0. The number of hydrogen-bond acceptors (Lipinski definition) is 2. The number of rotatable bonds is 3. The zero-order valence-electron chi connectivity index (χ0n) is 29.3. The smallest absolute Gasteiger partial charge is 0.399 e. The molecule has 0 unspecified atom stereocenters. The predicted molar refractivity (Wildman–Crippen MR) is 142 cm³/mol. The third-order valence-corrected chi connectivity index (χ3v) is 6.63. The fourth-order valence-electron chi connectivity index (χ4n) is 4.08. The Labute approximate surface area is 215 Å². The van der Waals surface area contributed by atoms with Crippen molar-refractivity contribution in [1.29, 1.82) is 0 Å². The van der Waals surface area contributed by atoms with Gasteiger partial charge in [0.2, 0.25) is 0 Å². The van der Waals surface area contributed by atoms with Gasteiger partial charge in [0.25, 0.3) is 0 Å². The Morgan fingerprint density at radius 2 is 1.35 bits per heavy atom. The summed E-state index contributed by atoms with van der Waals surface area (Å²) in [7, 11) is -0.991. The van der Waals surface area contributed by atoms with Crippen LogP contribution in [0.5, 0.6) is 0 Å². The van der Waals surface area contributed by atoms with Crippen molar-refractivity contribution in [3.63, 3.8) is 0 Å². The first-order valence-corrected chi connectivity index (χ1v) is 11.1. The van der Waals surface area contributed by atoms with Crippen LogP contribution in [0.4, 0.5) is 0 Å². The van der Waals surface area contributed by atoms with E-state index in [2.05, 4.69) is 0 Å². The molecule has 0 radical (unpaired) electrons. The molecule has 1 aromatic heterocycles. The summed E-state index contributed by atoms with van der Waals surface area (Å²) >= 11 is 0. The highest BCUT2D eigenvalue weighted by atomic mass is 16.7. The number of fused-ring (bicyclic) bond motifs is 3. The Balaban J connectivity index is 1.69. The molecule has 0 N–H and O–H groups in total. The van der Waals surface area contributed by atoms with Gasteiger partial charge in [0.1, 0.15) is 0 Å². The van der Waals surface area contributed by atoms with Crippen LogP contribution in [-0.2, 0) is 9.31 Å². The maximum absolute atomic E-state index is 9.26. The average Bonchev–Trinajstić information content (AvgIpc) is 3.35. The minimum atomic E-state index is -0.991. The summed E-state index contributed by atoms with van der Waals surface area (Å²) in [5.74, 6) is 0. The van der Waals surface area contributed by atoms with Crippen molar-refractivity contribution in [1.82, 2.24) is 4.57 Å². The number of para-hydroxylation sites is 1. The molecule has 1 fully saturated rings. The number of benzene rings is 4. The third-order valence-electron chi connectivity index (χ3n) is 6.63. The van der Waals surface area contributed by atoms with Crippen molar-refractivity contribution >= 4 is 34.4 Å². The van der Waals surface area contributed by atoms with E-state index < -0.39 is 18.3 Å². The van der Waals surface area contributed by atoms with Gasteiger partial charge < -0.3 is 13.9 Å². The Morgan fingerprint density at radius 3 is 2.06 bits per heavy atom. The molecule has 6 rings (SSSR count). The fourth-order valence-corrected chi connectivity index (χ4v) is 4.08. The van der Waals surface area contributed by atoms with E-state index in [-0.39, 0.29) is 105 Å². The van der Waals surface area contributed by atoms with Gasteiger partial charge >= 0.3 is 7.12 Å². The first kappa shape index (κ1) is 12.9. The van der Waals surface area contributed by atoms with Crippen LogP contribution in [0.2, 0.25) is 0 Å². The molecule has 2 heterocycles. The highest BCUT2D eigenvalue weighted by molar-refractivity contribution is 6.62. The molecule has 0 aliphatic carbocycles. The van der Waals surface area contributed by atoms with Crippen molar-refractivity contribution in [3.05, 3.63) is 96.8 Å². The molecule has 1 aliphatic heterocycles. The summed E-state index contributed by atoms with van der Waals surface area (Å²) in [4.78, 5) is 0. The number of aromatic nitrogens is 1. The largest absolute Gasteiger partial charge is 0.494 e. The maximum Gasteiger partial charge on any atom is 0.494 e. The van der Waals surface area contributed by atoms with Crippen LogP contribution in [0.1, 0.15) is 41.4 Å². The summed E-state index contributed by atoms with van der Waals surface area (Å²) in [6, 6.07) is 6.43. The molecule has 0 atom stereocenters. The summed E-state index contributed by atoms with van der Waals surface area (Å²) < 4.78 is 100. The first-order chi connectivity index (χ1) is 20.4. The van der Waals surface area contributed by atoms with E-state index in [0.717, 1.165) is 0 Å². The molecule has 5 aromatic rings. The molecule has 3 nitrogen and oxygen atoms in total. The molecule has 0 bridgehead atoms. The van der Waals surface area contributed by atoms with E-state index in [4.69, 9.17) is 21.6 Å². The van der Waals surface area contributed by atoms with Crippen LogP contribution in [0, 0.1) is 0 Å². The maximum atomic E-state index is 9.26.